The maximum absolute atomic E-state index is 10.0. The summed E-state index contributed by atoms with van der Waals surface area (Å²) >= 11 is 0. The summed E-state index contributed by atoms with van der Waals surface area (Å²) in [7, 11) is 0. The summed E-state index contributed by atoms with van der Waals surface area (Å²) in [4.78, 5) is 0. The van der Waals surface area contributed by atoms with Gasteiger partial charge in [0.05, 0.1) is 6.10 Å². The van der Waals surface area contributed by atoms with E-state index in [9.17, 15) is 5.11 Å². The van der Waals surface area contributed by atoms with Gasteiger partial charge in [0.25, 0.3) is 0 Å². The smallest absolute Gasteiger partial charge is 0.125 e. The molecule has 0 amide bonds. The summed E-state index contributed by atoms with van der Waals surface area (Å²) in [5.74, 6) is 0.897. The van der Waals surface area contributed by atoms with Crippen molar-refractivity contribution in [3.8, 4) is 5.75 Å². The number of aryl methyl sites for hydroxylation is 1. The second-order valence-electron chi connectivity index (χ2n) is 5.90. The van der Waals surface area contributed by atoms with E-state index in [1.165, 1.54) is 0 Å². The van der Waals surface area contributed by atoms with Gasteiger partial charge >= 0.3 is 0 Å². The topological polar surface area (TPSA) is 29.5 Å². The minimum atomic E-state index is -0.331. The molecule has 0 aromatic heterocycles. The van der Waals surface area contributed by atoms with E-state index in [4.69, 9.17) is 4.74 Å². The molecular formula is C15H22O2. The molecule has 0 aliphatic heterocycles. The zero-order chi connectivity index (χ0) is 12.5. The van der Waals surface area contributed by atoms with Crippen LogP contribution in [0.15, 0.2) is 24.3 Å². The van der Waals surface area contributed by atoms with Crippen molar-refractivity contribution >= 4 is 0 Å². The molecule has 1 fully saturated rings. The molecule has 0 heterocycles. The maximum Gasteiger partial charge on any atom is 0.125 e. The normalized spacial score (nSPS) is 27.8. The highest BCUT2D eigenvalue weighted by Gasteiger charge is 2.35. The van der Waals surface area contributed by atoms with E-state index in [-0.39, 0.29) is 17.6 Å². The fraction of sp³-hybridized carbons (Fsp3) is 0.600. The van der Waals surface area contributed by atoms with Gasteiger partial charge in [-0.1, -0.05) is 32.0 Å². The van der Waals surface area contributed by atoms with Crippen molar-refractivity contribution in [1.29, 1.82) is 0 Å². The van der Waals surface area contributed by atoms with E-state index in [0.717, 1.165) is 30.6 Å². The summed E-state index contributed by atoms with van der Waals surface area (Å²) < 4.78 is 5.98. The lowest BCUT2D eigenvalue weighted by atomic mass is 9.75. The molecule has 1 N–H and O–H groups in total. The average Bonchev–Trinajstić information content (AvgIpc) is 2.26. The third kappa shape index (κ3) is 3.01. The number of aliphatic hydroxyl groups excluding tert-OH is 1. The van der Waals surface area contributed by atoms with E-state index in [0.29, 0.717) is 0 Å². The first-order valence-electron chi connectivity index (χ1n) is 6.38. The monoisotopic (exact) mass is 234 g/mol. The van der Waals surface area contributed by atoms with Gasteiger partial charge < -0.3 is 9.84 Å². The predicted octanol–water partition coefficient (Wildman–Crippen LogP) is 3.31. The zero-order valence-corrected chi connectivity index (χ0v) is 10.9. The lowest BCUT2D eigenvalue weighted by Crippen LogP contribution is -2.41. The Kier molecular flexibility index (Phi) is 3.43. The Hall–Kier alpha value is -1.02. The summed E-state index contributed by atoms with van der Waals surface area (Å²) in [5.41, 5.74) is 1.40. The van der Waals surface area contributed by atoms with Crippen LogP contribution in [0.2, 0.25) is 0 Å². The zero-order valence-electron chi connectivity index (χ0n) is 10.9. The van der Waals surface area contributed by atoms with Crippen LogP contribution in [0, 0.1) is 12.3 Å². The van der Waals surface area contributed by atoms with Crippen LogP contribution in [0.3, 0.4) is 0 Å². The van der Waals surface area contributed by atoms with Gasteiger partial charge in [0, 0.05) is 0 Å². The SMILES string of the molecule is Cc1ccccc1OC1CC(C)(C)CCC1O. The van der Waals surface area contributed by atoms with Crippen LogP contribution in [-0.2, 0) is 0 Å². The molecule has 1 aromatic rings. The number of benzene rings is 1. The van der Waals surface area contributed by atoms with E-state index in [1.807, 2.05) is 31.2 Å². The molecule has 17 heavy (non-hydrogen) atoms. The second kappa shape index (κ2) is 4.69. The Balaban J connectivity index is 2.10. The molecule has 1 saturated carbocycles. The minimum absolute atomic E-state index is 0.0696. The summed E-state index contributed by atoms with van der Waals surface area (Å²) in [5, 5.41) is 10.0. The molecule has 0 radical (unpaired) electrons. The third-order valence-electron chi connectivity index (χ3n) is 3.67. The number of ether oxygens (including phenoxy) is 1. The fourth-order valence-corrected chi connectivity index (χ4v) is 2.48. The van der Waals surface area contributed by atoms with Crippen molar-refractivity contribution in [3.63, 3.8) is 0 Å². The Labute approximate surface area is 104 Å². The number of para-hydroxylation sites is 1. The molecule has 0 bridgehead atoms. The Morgan fingerprint density at radius 2 is 2.00 bits per heavy atom. The standard InChI is InChI=1S/C15H22O2/c1-11-6-4-5-7-13(11)17-14-10-15(2,3)9-8-12(14)16/h4-7,12,14,16H,8-10H2,1-3H3. The van der Waals surface area contributed by atoms with Gasteiger partial charge in [-0.05, 0) is 43.2 Å². The molecule has 1 aliphatic rings. The van der Waals surface area contributed by atoms with Gasteiger partial charge in [-0.15, -0.1) is 0 Å². The van der Waals surface area contributed by atoms with Gasteiger partial charge in [-0.2, -0.15) is 0 Å². The highest BCUT2D eigenvalue weighted by molar-refractivity contribution is 5.32. The molecule has 2 unspecified atom stereocenters. The van der Waals surface area contributed by atoms with Crippen LogP contribution in [0.25, 0.3) is 0 Å². The Morgan fingerprint density at radius 1 is 1.29 bits per heavy atom. The molecule has 2 nitrogen and oxygen atoms in total. The van der Waals surface area contributed by atoms with Gasteiger partial charge in [0.1, 0.15) is 11.9 Å². The van der Waals surface area contributed by atoms with E-state index in [2.05, 4.69) is 13.8 Å². The largest absolute Gasteiger partial charge is 0.487 e. The summed E-state index contributed by atoms with van der Waals surface area (Å²) in [6.07, 6.45) is 2.43. The predicted molar refractivity (Wildman–Crippen MR) is 69.2 cm³/mol. The molecule has 2 heteroatoms. The van der Waals surface area contributed by atoms with Gasteiger partial charge in [-0.25, -0.2) is 0 Å². The summed E-state index contributed by atoms with van der Waals surface area (Å²) in [6.45, 7) is 6.52. The van der Waals surface area contributed by atoms with E-state index < -0.39 is 0 Å². The first-order chi connectivity index (χ1) is 7.98. The van der Waals surface area contributed by atoms with Crippen LogP contribution in [0.4, 0.5) is 0 Å². The number of aliphatic hydroxyl groups is 1. The summed E-state index contributed by atoms with van der Waals surface area (Å²) in [6, 6.07) is 7.99. The van der Waals surface area contributed by atoms with Crippen molar-refractivity contribution in [1.82, 2.24) is 0 Å². The van der Waals surface area contributed by atoms with Crippen molar-refractivity contribution in [2.24, 2.45) is 5.41 Å². The van der Waals surface area contributed by atoms with Crippen LogP contribution in [0.1, 0.15) is 38.7 Å². The Bertz CT molecular complexity index is 384. The lowest BCUT2D eigenvalue weighted by molar-refractivity contribution is -0.0307. The van der Waals surface area contributed by atoms with Crippen molar-refractivity contribution in [2.45, 2.75) is 52.2 Å². The third-order valence-corrected chi connectivity index (χ3v) is 3.67. The van der Waals surface area contributed by atoms with Gasteiger partial charge in [0.2, 0.25) is 0 Å². The molecule has 2 atom stereocenters. The molecule has 2 rings (SSSR count). The second-order valence-corrected chi connectivity index (χ2v) is 5.90. The van der Waals surface area contributed by atoms with Crippen molar-refractivity contribution in [3.05, 3.63) is 29.8 Å². The van der Waals surface area contributed by atoms with E-state index >= 15 is 0 Å². The van der Waals surface area contributed by atoms with Crippen LogP contribution in [-0.4, -0.2) is 17.3 Å². The van der Waals surface area contributed by atoms with Crippen molar-refractivity contribution < 1.29 is 9.84 Å². The van der Waals surface area contributed by atoms with Crippen LogP contribution in [0.5, 0.6) is 5.75 Å². The number of rotatable bonds is 2. The maximum atomic E-state index is 10.0. The quantitative estimate of drug-likeness (QED) is 0.850. The first kappa shape index (κ1) is 12.4. The molecule has 94 valence electrons. The molecule has 1 aromatic carbocycles. The average molecular weight is 234 g/mol. The molecule has 0 saturated heterocycles. The minimum Gasteiger partial charge on any atom is -0.487 e. The van der Waals surface area contributed by atoms with Crippen molar-refractivity contribution in [2.75, 3.05) is 0 Å². The fourth-order valence-electron chi connectivity index (χ4n) is 2.48. The van der Waals surface area contributed by atoms with E-state index in [1.54, 1.807) is 0 Å². The molecule has 0 spiro atoms. The van der Waals surface area contributed by atoms with Crippen LogP contribution < -0.4 is 4.74 Å². The molecular weight excluding hydrogens is 212 g/mol. The van der Waals surface area contributed by atoms with Crippen LogP contribution >= 0.6 is 0 Å². The van der Waals surface area contributed by atoms with Gasteiger partial charge in [-0.3, -0.25) is 0 Å². The van der Waals surface area contributed by atoms with Gasteiger partial charge in [0.15, 0.2) is 0 Å². The molecule has 1 aliphatic carbocycles. The first-order valence-corrected chi connectivity index (χ1v) is 6.38. The highest BCUT2D eigenvalue weighted by Crippen LogP contribution is 2.37. The number of hydrogen-bond acceptors (Lipinski definition) is 2. The number of hydrogen-bond donors (Lipinski definition) is 1. The highest BCUT2D eigenvalue weighted by atomic mass is 16.5. The Morgan fingerprint density at radius 3 is 2.71 bits per heavy atom. The lowest BCUT2D eigenvalue weighted by Gasteiger charge is -2.38.